The summed E-state index contributed by atoms with van der Waals surface area (Å²) in [5.41, 5.74) is 0. The predicted molar refractivity (Wildman–Crippen MR) is 64.9 cm³/mol. The molecule has 0 bridgehead atoms. The van der Waals surface area contributed by atoms with Crippen molar-refractivity contribution < 1.29 is 4.42 Å². The van der Waals surface area contributed by atoms with E-state index in [0.717, 1.165) is 23.2 Å². The fourth-order valence-corrected chi connectivity index (χ4v) is 2.25. The maximum absolute atomic E-state index is 5.27. The largest absolute Gasteiger partial charge is 0.467 e. The molecule has 0 aliphatic heterocycles. The van der Waals surface area contributed by atoms with Gasteiger partial charge in [-0.15, -0.1) is 5.10 Å². The molecule has 0 saturated carbocycles. The average molecular weight is 253 g/mol. The van der Waals surface area contributed by atoms with Gasteiger partial charge in [-0.05, 0) is 36.7 Å². The molecular formula is C10H15N5OS. The summed E-state index contributed by atoms with van der Waals surface area (Å²) in [6.45, 7) is 1.57. The topological polar surface area (TPSA) is 60.0 Å². The van der Waals surface area contributed by atoms with Gasteiger partial charge in [0.25, 0.3) is 0 Å². The second kappa shape index (κ2) is 5.83. The first-order valence-electron chi connectivity index (χ1n) is 5.32. The van der Waals surface area contributed by atoms with Crippen molar-refractivity contribution >= 4 is 11.8 Å². The zero-order valence-electron chi connectivity index (χ0n) is 9.91. The quantitative estimate of drug-likeness (QED) is 0.715. The van der Waals surface area contributed by atoms with Gasteiger partial charge < -0.3 is 9.32 Å². The lowest BCUT2D eigenvalue weighted by Crippen LogP contribution is -2.15. The lowest BCUT2D eigenvalue weighted by molar-refractivity contribution is 0.436. The second-order valence-electron chi connectivity index (χ2n) is 3.85. The molecule has 2 rings (SSSR count). The number of tetrazole rings is 1. The van der Waals surface area contributed by atoms with Gasteiger partial charge in [0.1, 0.15) is 12.3 Å². The molecule has 6 nitrogen and oxygen atoms in total. The summed E-state index contributed by atoms with van der Waals surface area (Å²) in [5, 5.41) is 12.5. The molecule has 2 aromatic heterocycles. The smallest absolute Gasteiger partial charge is 0.209 e. The third kappa shape index (κ3) is 3.57. The molecule has 0 amide bonds. The first kappa shape index (κ1) is 12.1. The van der Waals surface area contributed by atoms with E-state index < -0.39 is 0 Å². The molecule has 2 aromatic rings. The molecule has 0 aliphatic rings. The van der Waals surface area contributed by atoms with Gasteiger partial charge in [0.05, 0.1) is 6.26 Å². The highest BCUT2D eigenvalue weighted by atomic mass is 32.2. The molecule has 0 atom stereocenters. The highest BCUT2D eigenvalue weighted by Gasteiger charge is 2.08. The lowest BCUT2D eigenvalue weighted by Gasteiger charge is -2.08. The Hall–Kier alpha value is -1.34. The monoisotopic (exact) mass is 253 g/mol. The van der Waals surface area contributed by atoms with E-state index in [1.807, 2.05) is 26.2 Å². The van der Waals surface area contributed by atoms with Crippen LogP contribution in [0.3, 0.4) is 0 Å². The van der Waals surface area contributed by atoms with E-state index in [2.05, 4.69) is 20.4 Å². The minimum absolute atomic E-state index is 0.574. The number of thioether (sulfide) groups is 1. The van der Waals surface area contributed by atoms with Crippen molar-refractivity contribution in [2.45, 2.75) is 11.7 Å². The average Bonchev–Trinajstić information content (AvgIpc) is 2.91. The van der Waals surface area contributed by atoms with Crippen LogP contribution < -0.4 is 0 Å². The summed E-state index contributed by atoms with van der Waals surface area (Å²) in [5.74, 6) is 1.82. The van der Waals surface area contributed by atoms with Crippen LogP contribution in [0.1, 0.15) is 5.76 Å². The van der Waals surface area contributed by atoms with Crippen molar-refractivity contribution in [1.82, 2.24) is 25.1 Å². The minimum atomic E-state index is 0.574. The minimum Gasteiger partial charge on any atom is -0.467 e. The van der Waals surface area contributed by atoms with Gasteiger partial charge in [-0.3, -0.25) is 0 Å². The van der Waals surface area contributed by atoms with Crippen molar-refractivity contribution in [2.24, 2.45) is 0 Å². The molecule has 0 aromatic carbocycles. The summed E-state index contributed by atoms with van der Waals surface area (Å²) in [6, 6.07) is 3.77. The van der Waals surface area contributed by atoms with E-state index in [0.29, 0.717) is 6.54 Å². The van der Waals surface area contributed by atoms with Gasteiger partial charge in [0, 0.05) is 12.3 Å². The Balaban J connectivity index is 1.92. The van der Waals surface area contributed by atoms with Crippen LogP contribution in [-0.4, -0.2) is 51.5 Å². The highest BCUT2D eigenvalue weighted by molar-refractivity contribution is 7.99. The fraction of sp³-hybridized carbons (Fsp3) is 0.500. The van der Waals surface area contributed by atoms with E-state index in [1.54, 1.807) is 22.7 Å². The van der Waals surface area contributed by atoms with Gasteiger partial charge >= 0.3 is 0 Å². The first-order valence-corrected chi connectivity index (χ1v) is 6.30. The number of rotatable bonds is 6. The van der Waals surface area contributed by atoms with Crippen molar-refractivity contribution in [3.8, 4) is 0 Å². The van der Waals surface area contributed by atoms with Crippen LogP contribution in [0.25, 0.3) is 0 Å². The molecule has 17 heavy (non-hydrogen) atoms. The first-order chi connectivity index (χ1) is 8.25. The van der Waals surface area contributed by atoms with Gasteiger partial charge in [0.15, 0.2) is 0 Å². The highest BCUT2D eigenvalue weighted by Crippen LogP contribution is 2.14. The SMILES string of the molecule is CN(C)CCSc1nnnn1Cc1ccco1. The van der Waals surface area contributed by atoms with Crippen LogP contribution in [0.4, 0.5) is 0 Å². The van der Waals surface area contributed by atoms with Gasteiger partial charge in [-0.2, -0.15) is 0 Å². The molecule has 7 heteroatoms. The third-order valence-corrected chi connectivity index (χ3v) is 3.09. The Morgan fingerprint density at radius 2 is 2.35 bits per heavy atom. The molecule has 0 aliphatic carbocycles. The van der Waals surface area contributed by atoms with Crippen LogP contribution in [0, 0.1) is 0 Å². The number of hydrogen-bond acceptors (Lipinski definition) is 6. The van der Waals surface area contributed by atoms with Crippen LogP contribution in [0.5, 0.6) is 0 Å². The Kier molecular flexibility index (Phi) is 4.16. The second-order valence-corrected chi connectivity index (χ2v) is 4.91. The summed E-state index contributed by atoms with van der Waals surface area (Å²) in [7, 11) is 4.10. The van der Waals surface area contributed by atoms with Crippen LogP contribution in [-0.2, 0) is 6.54 Å². The summed E-state index contributed by atoms with van der Waals surface area (Å²) < 4.78 is 7.02. The van der Waals surface area contributed by atoms with Crippen molar-refractivity contribution in [1.29, 1.82) is 0 Å². The number of furan rings is 1. The van der Waals surface area contributed by atoms with Crippen LogP contribution in [0.2, 0.25) is 0 Å². The van der Waals surface area contributed by atoms with E-state index in [4.69, 9.17) is 4.42 Å². The lowest BCUT2D eigenvalue weighted by atomic mass is 10.4. The molecule has 0 spiro atoms. The fourth-order valence-electron chi connectivity index (χ4n) is 1.27. The molecule has 0 saturated heterocycles. The van der Waals surface area contributed by atoms with Crippen molar-refractivity contribution in [2.75, 3.05) is 26.4 Å². The molecule has 2 heterocycles. The standard InChI is InChI=1S/C10H15N5OS/c1-14(2)5-7-17-10-11-12-13-15(10)8-9-4-3-6-16-9/h3-4,6H,5,7-8H2,1-2H3. The molecule has 0 fully saturated rings. The third-order valence-electron chi connectivity index (χ3n) is 2.15. The Labute approximate surface area is 104 Å². The number of hydrogen-bond donors (Lipinski definition) is 0. The Morgan fingerprint density at radius 1 is 1.47 bits per heavy atom. The molecular weight excluding hydrogens is 238 g/mol. The van der Waals surface area contributed by atoms with E-state index >= 15 is 0 Å². The predicted octanol–water partition coefficient (Wildman–Crippen LogP) is 0.968. The Morgan fingerprint density at radius 3 is 3.06 bits per heavy atom. The van der Waals surface area contributed by atoms with E-state index in [9.17, 15) is 0 Å². The zero-order chi connectivity index (χ0) is 12.1. The Bertz CT molecular complexity index is 439. The molecule has 92 valence electrons. The summed E-state index contributed by atoms with van der Waals surface area (Å²) in [4.78, 5) is 2.13. The van der Waals surface area contributed by atoms with Gasteiger partial charge in [-0.25, -0.2) is 4.68 Å². The molecule has 0 unspecified atom stereocenters. The maximum atomic E-state index is 5.27. The summed E-state index contributed by atoms with van der Waals surface area (Å²) in [6.07, 6.45) is 1.65. The van der Waals surface area contributed by atoms with Crippen molar-refractivity contribution in [3.63, 3.8) is 0 Å². The van der Waals surface area contributed by atoms with Gasteiger partial charge in [-0.1, -0.05) is 11.8 Å². The van der Waals surface area contributed by atoms with Gasteiger partial charge in [0.2, 0.25) is 5.16 Å². The van der Waals surface area contributed by atoms with Crippen molar-refractivity contribution in [3.05, 3.63) is 24.2 Å². The van der Waals surface area contributed by atoms with Crippen LogP contribution in [0.15, 0.2) is 28.0 Å². The maximum Gasteiger partial charge on any atom is 0.209 e. The molecule has 0 N–H and O–H groups in total. The summed E-state index contributed by atoms with van der Waals surface area (Å²) >= 11 is 1.65. The number of aromatic nitrogens is 4. The molecule has 0 radical (unpaired) electrons. The van der Waals surface area contributed by atoms with E-state index in [-0.39, 0.29) is 0 Å². The number of nitrogens with zero attached hydrogens (tertiary/aromatic N) is 5. The normalized spacial score (nSPS) is 11.2. The van der Waals surface area contributed by atoms with E-state index in [1.165, 1.54) is 0 Å². The zero-order valence-corrected chi connectivity index (χ0v) is 10.7. The van der Waals surface area contributed by atoms with Crippen LogP contribution >= 0.6 is 11.8 Å².